The average Bonchev–Trinajstić information content (AvgIpc) is 3.05. The number of rotatable bonds is 6. The van der Waals surface area contributed by atoms with Crippen LogP contribution in [0.4, 0.5) is 0 Å². The van der Waals surface area contributed by atoms with Gasteiger partial charge >= 0.3 is 0 Å². The first kappa shape index (κ1) is 15.7. The third-order valence-electron chi connectivity index (χ3n) is 3.34. The van der Waals surface area contributed by atoms with Gasteiger partial charge in [0, 0.05) is 6.92 Å². The normalized spacial score (nSPS) is 11.7. The van der Waals surface area contributed by atoms with Gasteiger partial charge < -0.3 is 14.5 Å². The fourth-order valence-electron chi connectivity index (χ4n) is 2.23. The van der Waals surface area contributed by atoms with E-state index in [9.17, 15) is 4.79 Å². The molecule has 0 saturated carbocycles. The molecular formula is C18H17N3O3. The summed E-state index contributed by atoms with van der Waals surface area (Å²) >= 11 is 0. The highest BCUT2D eigenvalue weighted by atomic mass is 16.5. The van der Waals surface area contributed by atoms with E-state index in [1.54, 1.807) is 19.1 Å². The molecule has 0 aliphatic heterocycles. The lowest BCUT2D eigenvalue weighted by Crippen LogP contribution is -2.33. The van der Waals surface area contributed by atoms with Crippen LogP contribution < -0.4 is 10.1 Å². The van der Waals surface area contributed by atoms with Gasteiger partial charge in [-0.25, -0.2) is 0 Å². The number of carbonyl (C=O) groups excluding carboxylic acids is 1. The van der Waals surface area contributed by atoms with Crippen molar-refractivity contribution in [1.29, 1.82) is 0 Å². The molecule has 122 valence electrons. The zero-order chi connectivity index (χ0) is 16.8. The Bertz CT molecular complexity index is 788. The van der Waals surface area contributed by atoms with Crippen LogP contribution in [0.5, 0.6) is 5.75 Å². The first-order valence-electron chi connectivity index (χ1n) is 7.54. The van der Waals surface area contributed by atoms with E-state index >= 15 is 0 Å². The molecule has 1 unspecified atom stereocenters. The minimum absolute atomic E-state index is 0.0968. The zero-order valence-corrected chi connectivity index (χ0v) is 13.2. The molecule has 3 aromatic rings. The SMILES string of the molecule is Cc1nnc(C(NC(=O)COc2ccccc2)c2ccccc2)o1. The van der Waals surface area contributed by atoms with Crippen LogP contribution in [0, 0.1) is 6.92 Å². The lowest BCUT2D eigenvalue weighted by atomic mass is 10.1. The number of para-hydroxylation sites is 1. The number of amides is 1. The second-order valence-corrected chi connectivity index (χ2v) is 5.17. The van der Waals surface area contributed by atoms with Crippen molar-refractivity contribution < 1.29 is 13.9 Å². The number of nitrogens with one attached hydrogen (secondary N) is 1. The van der Waals surface area contributed by atoms with Crippen molar-refractivity contribution in [3.63, 3.8) is 0 Å². The molecule has 3 rings (SSSR count). The molecule has 0 aliphatic carbocycles. The van der Waals surface area contributed by atoms with Gasteiger partial charge in [0.1, 0.15) is 11.8 Å². The molecule has 0 aliphatic rings. The van der Waals surface area contributed by atoms with Gasteiger partial charge in [-0.15, -0.1) is 10.2 Å². The van der Waals surface area contributed by atoms with Crippen LogP contribution >= 0.6 is 0 Å². The molecule has 1 N–H and O–H groups in total. The maximum Gasteiger partial charge on any atom is 0.258 e. The van der Waals surface area contributed by atoms with Gasteiger partial charge in [-0.1, -0.05) is 48.5 Å². The molecule has 1 amide bonds. The fourth-order valence-corrected chi connectivity index (χ4v) is 2.23. The van der Waals surface area contributed by atoms with Crippen molar-refractivity contribution in [2.75, 3.05) is 6.61 Å². The van der Waals surface area contributed by atoms with Crippen molar-refractivity contribution in [3.05, 3.63) is 78.0 Å². The van der Waals surface area contributed by atoms with Crippen LogP contribution in [0.1, 0.15) is 23.4 Å². The predicted molar refractivity (Wildman–Crippen MR) is 87.4 cm³/mol. The number of nitrogens with zero attached hydrogens (tertiary/aromatic N) is 2. The summed E-state index contributed by atoms with van der Waals surface area (Å²) < 4.78 is 11.0. The second-order valence-electron chi connectivity index (χ2n) is 5.17. The van der Waals surface area contributed by atoms with Crippen LogP contribution in [0.2, 0.25) is 0 Å². The third kappa shape index (κ3) is 3.98. The van der Waals surface area contributed by atoms with Gasteiger partial charge in [0.2, 0.25) is 11.8 Å². The van der Waals surface area contributed by atoms with E-state index in [-0.39, 0.29) is 12.5 Å². The molecule has 1 aromatic heterocycles. The number of hydrogen-bond acceptors (Lipinski definition) is 5. The van der Waals surface area contributed by atoms with E-state index in [4.69, 9.17) is 9.15 Å². The summed E-state index contributed by atoms with van der Waals surface area (Å²) in [5, 5.41) is 10.7. The van der Waals surface area contributed by atoms with Crippen molar-refractivity contribution in [1.82, 2.24) is 15.5 Å². The van der Waals surface area contributed by atoms with E-state index in [1.165, 1.54) is 0 Å². The van der Waals surface area contributed by atoms with Gasteiger partial charge in [-0.2, -0.15) is 0 Å². The molecule has 1 atom stereocenters. The summed E-state index contributed by atoms with van der Waals surface area (Å²) in [4.78, 5) is 12.3. The largest absolute Gasteiger partial charge is 0.484 e. The van der Waals surface area contributed by atoms with Crippen molar-refractivity contribution in [2.24, 2.45) is 0 Å². The lowest BCUT2D eigenvalue weighted by Gasteiger charge is -2.16. The fraction of sp³-hybridized carbons (Fsp3) is 0.167. The van der Waals surface area contributed by atoms with E-state index in [0.717, 1.165) is 5.56 Å². The van der Waals surface area contributed by atoms with Crippen molar-refractivity contribution in [3.8, 4) is 5.75 Å². The minimum Gasteiger partial charge on any atom is -0.484 e. The summed E-state index contributed by atoms with van der Waals surface area (Å²) in [6.07, 6.45) is 0. The van der Waals surface area contributed by atoms with Crippen LogP contribution in [-0.4, -0.2) is 22.7 Å². The lowest BCUT2D eigenvalue weighted by molar-refractivity contribution is -0.123. The predicted octanol–water partition coefficient (Wildman–Crippen LogP) is 2.66. The highest BCUT2D eigenvalue weighted by Gasteiger charge is 2.22. The van der Waals surface area contributed by atoms with Crippen molar-refractivity contribution >= 4 is 5.91 Å². The summed E-state index contributed by atoms with van der Waals surface area (Å²) in [5.41, 5.74) is 0.856. The first-order valence-corrected chi connectivity index (χ1v) is 7.54. The number of ether oxygens (including phenoxy) is 1. The zero-order valence-electron chi connectivity index (χ0n) is 13.2. The molecule has 24 heavy (non-hydrogen) atoms. The highest BCUT2D eigenvalue weighted by Crippen LogP contribution is 2.20. The number of benzene rings is 2. The monoisotopic (exact) mass is 323 g/mol. The maximum atomic E-state index is 12.3. The summed E-state index contributed by atoms with van der Waals surface area (Å²) in [6, 6.07) is 18.1. The summed E-state index contributed by atoms with van der Waals surface area (Å²) in [7, 11) is 0. The van der Waals surface area contributed by atoms with Crippen LogP contribution in [0.15, 0.2) is 65.1 Å². The van der Waals surface area contributed by atoms with Crippen LogP contribution in [0.3, 0.4) is 0 Å². The Morgan fingerprint density at radius 3 is 2.38 bits per heavy atom. The quantitative estimate of drug-likeness (QED) is 0.754. The van der Waals surface area contributed by atoms with Gasteiger partial charge in [-0.05, 0) is 17.7 Å². The Morgan fingerprint density at radius 1 is 1.08 bits per heavy atom. The molecular weight excluding hydrogens is 306 g/mol. The Balaban J connectivity index is 1.71. The maximum absolute atomic E-state index is 12.3. The van der Waals surface area contributed by atoms with E-state index < -0.39 is 6.04 Å². The van der Waals surface area contributed by atoms with Gasteiger partial charge in [-0.3, -0.25) is 4.79 Å². The molecule has 6 heteroatoms. The Morgan fingerprint density at radius 2 is 1.75 bits per heavy atom. The Kier molecular flexibility index (Phi) is 4.86. The van der Waals surface area contributed by atoms with Gasteiger partial charge in [0.15, 0.2) is 6.61 Å². The standard InChI is InChI=1S/C18H17N3O3/c1-13-20-21-18(24-13)17(14-8-4-2-5-9-14)19-16(22)12-23-15-10-6-3-7-11-15/h2-11,17H,12H2,1H3,(H,19,22). The number of hydrogen-bond donors (Lipinski definition) is 1. The van der Waals surface area contributed by atoms with E-state index in [0.29, 0.717) is 17.5 Å². The minimum atomic E-state index is -0.515. The molecule has 6 nitrogen and oxygen atoms in total. The highest BCUT2D eigenvalue weighted by molar-refractivity contribution is 5.78. The number of carbonyl (C=O) groups is 1. The Hall–Kier alpha value is -3.15. The molecule has 0 saturated heterocycles. The average molecular weight is 323 g/mol. The van der Waals surface area contributed by atoms with Crippen LogP contribution in [0.25, 0.3) is 0 Å². The third-order valence-corrected chi connectivity index (χ3v) is 3.34. The van der Waals surface area contributed by atoms with E-state index in [2.05, 4.69) is 15.5 Å². The van der Waals surface area contributed by atoms with Crippen molar-refractivity contribution in [2.45, 2.75) is 13.0 Å². The van der Waals surface area contributed by atoms with Crippen LogP contribution in [-0.2, 0) is 4.79 Å². The van der Waals surface area contributed by atoms with E-state index in [1.807, 2.05) is 48.5 Å². The van der Waals surface area contributed by atoms with Gasteiger partial charge in [0.25, 0.3) is 5.91 Å². The summed E-state index contributed by atoms with van der Waals surface area (Å²) in [5.74, 6) is 1.15. The first-order chi connectivity index (χ1) is 11.7. The smallest absolute Gasteiger partial charge is 0.258 e. The second kappa shape index (κ2) is 7.41. The molecule has 0 fully saturated rings. The number of aryl methyl sites for hydroxylation is 1. The molecule has 1 heterocycles. The van der Waals surface area contributed by atoms with Gasteiger partial charge in [0.05, 0.1) is 0 Å². The molecule has 0 spiro atoms. The molecule has 0 bridgehead atoms. The molecule has 0 radical (unpaired) electrons. The molecule has 2 aromatic carbocycles. The topological polar surface area (TPSA) is 77.2 Å². The number of aromatic nitrogens is 2. The Labute approximate surface area is 139 Å². The summed E-state index contributed by atoms with van der Waals surface area (Å²) in [6.45, 7) is 1.61.